The Bertz CT molecular complexity index is 891. The molecule has 0 saturated carbocycles. The number of halogens is 1. The summed E-state index contributed by atoms with van der Waals surface area (Å²) in [6, 6.07) is 10.7. The van der Waals surface area contributed by atoms with Crippen LogP contribution in [-0.2, 0) is 11.3 Å². The van der Waals surface area contributed by atoms with Crippen molar-refractivity contribution in [2.24, 2.45) is 11.7 Å². The van der Waals surface area contributed by atoms with E-state index in [0.29, 0.717) is 6.54 Å². The molecule has 0 spiro atoms. The molecular formula is C21H25FN4OS2. The zero-order chi connectivity index (χ0) is 21.0. The molecular weight excluding hydrogens is 407 g/mol. The summed E-state index contributed by atoms with van der Waals surface area (Å²) in [4.78, 5) is 9.41. The van der Waals surface area contributed by atoms with Crippen molar-refractivity contribution in [3.8, 4) is 0 Å². The lowest BCUT2D eigenvalue weighted by molar-refractivity contribution is 0.0678. The maximum Gasteiger partial charge on any atom is 0.255 e. The van der Waals surface area contributed by atoms with Gasteiger partial charge in [0.05, 0.1) is 10.7 Å². The Kier molecular flexibility index (Phi) is 6.97. The van der Waals surface area contributed by atoms with Gasteiger partial charge in [-0.05, 0) is 61.0 Å². The molecule has 0 saturated heterocycles. The molecule has 29 heavy (non-hydrogen) atoms. The largest absolute Gasteiger partial charge is 0.450 e. The molecule has 8 heteroatoms. The van der Waals surface area contributed by atoms with E-state index in [4.69, 9.17) is 22.7 Å². The lowest BCUT2D eigenvalue weighted by Crippen LogP contribution is -2.40. The monoisotopic (exact) mass is 432 g/mol. The van der Waals surface area contributed by atoms with Crippen molar-refractivity contribution < 1.29 is 9.13 Å². The van der Waals surface area contributed by atoms with Gasteiger partial charge in [0, 0.05) is 23.8 Å². The van der Waals surface area contributed by atoms with Crippen molar-refractivity contribution in [2.75, 3.05) is 6.73 Å². The quantitative estimate of drug-likeness (QED) is 0.646. The van der Waals surface area contributed by atoms with Crippen LogP contribution < -0.4 is 5.73 Å². The second-order valence-corrected chi connectivity index (χ2v) is 8.55. The van der Waals surface area contributed by atoms with Crippen LogP contribution >= 0.6 is 24.0 Å². The Morgan fingerprint density at radius 3 is 2.62 bits per heavy atom. The lowest BCUT2D eigenvalue weighted by atomic mass is 10.1. The van der Waals surface area contributed by atoms with Crippen molar-refractivity contribution in [2.45, 2.75) is 38.4 Å². The third-order valence-electron chi connectivity index (χ3n) is 4.70. The number of hydrogen-bond acceptors (Lipinski definition) is 6. The fraction of sp³-hybridized carbons (Fsp3) is 0.333. The topological polar surface area (TPSA) is 54.6 Å². The Morgan fingerprint density at radius 1 is 1.28 bits per heavy atom. The predicted octanol–water partition coefficient (Wildman–Crippen LogP) is 4.52. The number of aromatic nitrogens is 1. The minimum atomic E-state index is -0.248. The van der Waals surface area contributed by atoms with Gasteiger partial charge in [0.1, 0.15) is 12.0 Å². The summed E-state index contributed by atoms with van der Waals surface area (Å²) in [6.07, 6.45) is 3.60. The highest BCUT2D eigenvalue weighted by Crippen LogP contribution is 2.43. The van der Waals surface area contributed by atoms with E-state index < -0.39 is 0 Å². The molecule has 2 N–H and O–H groups in total. The fourth-order valence-corrected chi connectivity index (χ4v) is 4.73. The van der Waals surface area contributed by atoms with Gasteiger partial charge in [-0.3, -0.25) is 4.98 Å². The van der Waals surface area contributed by atoms with Crippen molar-refractivity contribution in [1.29, 1.82) is 0 Å². The standard InChI is InChI=1S/C21H25FN4OS2/c1-14(2)19-20(29-18-6-4-5-17(22)11-18)25(12-16-7-9-24-10-8-16)15(3)26(19)13-27-21(23)28/h4-11,14-15H,12-13H2,1-3H3,(H2,23,28). The second kappa shape index (κ2) is 9.45. The maximum absolute atomic E-state index is 13.8. The van der Waals surface area contributed by atoms with Gasteiger partial charge in [0.15, 0.2) is 6.73 Å². The number of thiocarbonyl (C=S) groups is 1. The van der Waals surface area contributed by atoms with Gasteiger partial charge < -0.3 is 20.3 Å². The molecule has 1 unspecified atom stereocenters. The molecule has 2 aromatic rings. The Hall–Kier alpha value is -2.32. The molecule has 1 atom stereocenters. The number of rotatable bonds is 7. The van der Waals surface area contributed by atoms with Gasteiger partial charge in [-0.1, -0.05) is 31.7 Å². The highest BCUT2D eigenvalue weighted by molar-refractivity contribution is 8.03. The summed E-state index contributed by atoms with van der Waals surface area (Å²) in [6.45, 7) is 7.35. The van der Waals surface area contributed by atoms with Crippen LogP contribution in [0, 0.1) is 11.7 Å². The Balaban J connectivity index is 1.99. The van der Waals surface area contributed by atoms with E-state index in [0.717, 1.165) is 21.2 Å². The van der Waals surface area contributed by atoms with E-state index >= 15 is 0 Å². The van der Waals surface area contributed by atoms with Crippen LogP contribution in [0.25, 0.3) is 0 Å². The highest BCUT2D eigenvalue weighted by Gasteiger charge is 2.37. The summed E-state index contributed by atoms with van der Waals surface area (Å²) in [5.41, 5.74) is 7.83. The van der Waals surface area contributed by atoms with E-state index in [9.17, 15) is 4.39 Å². The lowest BCUT2D eigenvalue weighted by Gasteiger charge is -2.32. The van der Waals surface area contributed by atoms with Crippen molar-refractivity contribution in [3.63, 3.8) is 0 Å². The first-order valence-electron chi connectivity index (χ1n) is 9.38. The second-order valence-electron chi connectivity index (χ2n) is 7.08. The van der Waals surface area contributed by atoms with Gasteiger partial charge >= 0.3 is 0 Å². The summed E-state index contributed by atoms with van der Waals surface area (Å²) >= 11 is 6.46. The third kappa shape index (κ3) is 5.19. The van der Waals surface area contributed by atoms with Crippen LogP contribution in [0.4, 0.5) is 4.39 Å². The van der Waals surface area contributed by atoms with E-state index in [1.807, 2.05) is 18.2 Å². The Morgan fingerprint density at radius 2 is 2.00 bits per heavy atom. The average Bonchev–Trinajstić information content (AvgIpc) is 2.92. The number of pyridine rings is 1. The van der Waals surface area contributed by atoms with Crippen LogP contribution in [0.2, 0.25) is 0 Å². The van der Waals surface area contributed by atoms with E-state index in [1.165, 1.54) is 6.07 Å². The smallest absolute Gasteiger partial charge is 0.255 e. The first-order valence-corrected chi connectivity index (χ1v) is 10.6. The fourth-order valence-electron chi connectivity index (χ4n) is 3.34. The summed E-state index contributed by atoms with van der Waals surface area (Å²) < 4.78 is 19.3. The first kappa shape index (κ1) is 21.4. The molecule has 1 aromatic heterocycles. The molecule has 0 radical (unpaired) electrons. The zero-order valence-electron chi connectivity index (χ0n) is 16.7. The third-order valence-corrected chi connectivity index (χ3v) is 5.94. The maximum atomic E-state index is 13.8. The molecule has 0 fully saturated rings. The van der Waals surface area contributed by atoms with Crippen LogP contribution in [0.1, 0.15) is 26.3 Å². The number of hydrogen-bond donors (Lipinski definition) is 1. The molecule has 1 aromatic carbocycles. The van der Waals surface area contributed by atoms with Gasteiger partial charge in [-0.2, -0.15) is 0 Å². The number of benzene rings is 1. The molecule has 1 aliphatic heterocycles. The van der Waals surface area contributed by atoms with E-state index in [-0.39, 0.29) is 29.8 Å². The normalized spacial score (nSPS) is 16.7. The van der Waals surface area contributed by atoms with Gasteiger partial charge in [0.2, 0.25) is 0 Å². The van der Waals surface area contributed by atoms with Crippen LogP contribution in [-0.4, -0.2) is 32.9 Å². The highest BCUT2D eigenvalue weighted by atomic mass is 32.2. The van der Waals surface area contributed by atoms with Gasteiger partial charge in [-0.25, -0.2) is 4.39 Å². The number of nitrogens with two attached hydrogens (primary N) is 1. The number of allylic oxidation sites excluding steroid dienone is 1. The molecule has 0 aliphatic carbocycles. The molecule has 0 amide bonds. The number of thioether (sulfide) groups is 1. The predicted molar refractivity (Wildman–Crippen MR) is 118 cm³/mol. The summed E-state index contributed by atoms with van der Waals surface area (Å²) in [5, 5.41) is 1.09. The molecule has 3 rings (SSSR count). The zero-order valence-corrected chi connectivity index (χ0v) is 18.3. The SMILES string of the molecule is CC(C)C1=C(Sc2cccc(F)c2)N(Cc2ccncc2)C(C)N1COC(N)=S. The van der Waals surface area contributed by atoms with Gasteiger partial charge in [0.25, 0.3) is 5.17 Å². The van der Waals surface area contributed by atoms with Crippen LogP contribution in [0.5, 0.6) is 0 Å². The van der Waals surface area contributed by atoms with Crippen molar-refractivity contribution >= 4 is 29.2 Å². The minimum absolute atomic E-state index is 0.0194. The van der Waals surface area contributed by atoms with Crippen LogP contribution in [0.15, 0.2) is 64.4 Å². The average molecular weight is 433 g/mol. The number of nitrogens with zero attached hydrogens (tertiary/aromatic N) is 3. The number of ether oxygens (including phenoxy) is 1. The van der Waals surface area contributed by atoms with E-state index in [2.05, 4.69) is 35.6 Å². The van der Waals surface area contributed by atoms with Crippen molar-refractivity contribution in [3.05, 3.63) is 70.9 Å². The van der Waals surface area contributed by atoms with Crippen LogP contribution in [0.3, 0.4) is 0 Å². The minimum Gasteiger partial charge on any atom is -0.450 e. The molecule has 1 aliphatic rings. The molecule has 0 bridgehead atoms. The molecule has 2 heterocycles. The summed E-state index contributed by atoms with van der Waals surface area (Å²) in [5.74, 6) is -0.0204. The Labute approximate surface area is 180 Å². The first-order chi connectivity index (χ1) is 13.9. The van der Waals surface area contributed by atoms with Gasteiger partial charge in [-0.15, -0.1) is 0 Å². The molecule has 5 nitrogen and oxygen atoms in total. The van der Waals surface area contributed by atoms with Crippen molar-refractivity contribution in [1.82, 2.24) is 14.8 Å². The van der Waals surface area contributed by atoms with E-state index in [1.54, 1.807) is 36.3 Å². The molecule has 154 valence electrons. The summed E-state index contributed by atoms with van der Waals surface area (Å²) in [7, 11) is 0.